The first-order valence-electron chi connectivity index (χ1n) is 9.54. The second-order valence-corrected chi connectivity index (χ2v) is 10.4. The Bertz CT molecular complexity index is 931. The van der Waals surface area contributed by atoms with E-state index in [0.717, 1.165) is 0 Å². The van der Waals surface area contributed by atoms with Crippen molar-refractivity contribution in [2.75, 3.05) is 0 Å². The van der Waals surface area contributed by atoms with E-state index in [2.05, 4.69) is 21.8 Å². The summed E-state index contributed by atoms with van der Waals surface area (Å²) in [5.41, 5.74) is -1.33. The summed E-state index contributed by atoms with van der Waals surface area (Å²) < 4.78 is 23.7. The molecule has 168 valence electrons. The molecule has 6 atom stereocenters. The van der Waals surface area contributed by atoms with Gasteiger partial charge in [-0.2, -0.15) is 0 Å². The van der Waals surface area contributed by atoms with Crippen LogP contribution in [0.4, 0.5) is 0 Å². The van der Waals surface area contributed by atoms with Crippen molar-refractivity contribution in [1.82, 2.24) is 9.97 Å². The number of rotatable bonds is 7. The van der Waals surface area contributed by atoms with E-state index in [1.165, 1.54) is 20.0 Å². The predicted molar refractivity (Wildman–Crippen MR) is 108 cm³/mol. The minimum absolute atomic E-state index is 0.0373. The summed E-state index contributed by atoms with van der Waals surface area (Å²) in [7, 11) is -4.41. The van der Waals surface area contributed by atoms with Crippen LogP contribution in [0.5, 0.6) is 0 Å². The molecule has 0 bridgehead atoms. The van der Waals surface area contributed by atoms with Crippen molar-refractivity contribution in [2.45, 2.75) is 82.8 Å². The number of hydrogen-bond acceptors (Lipinski definition) is 8. The van der Waals surface area contributed by atoms with Crippen LogP contribution in [0, 0.1) is 11.8 Å². The summed E-state index contributed by atoms with van der Waals surface area (Å²) in [6, 6.07) is 0. The number of hydrogen-bond donors (Lipinski definition) is 5. The van der Waals surface area contributed by atoms with Gasteiger partial charge in [0.25, 0.3) is 0 Å². The minimum Gasteiger partial charge on any atom is -0.388 e. The van der Waals surface area contributed by atoms with Crippen LogP contribution < -0.4 is 5.69 Å². The molecule has 1 aliphatic rings. The van der Waals surface area contributed by atoms with Crippen molar-refractivity contribution in [3.05, 3.63) is 27.9 Å². The third-order valence-corrected chi connectivity index (χ3v) is 7.25. The van der Waals surface area contributed by atoms with Crippen molar-refractivity contribution in [2.24, 2.45) is 0 Å². The zero-order chi connectivity index (χ0) is 22.9. The van der Waals surface area contributed by atoms with Crippen molar-refractivity contribution in [3.63, 3.8) is 0 Å². The summed E-state index contributed by atoms with van der Waals surface area (Å²) in [6.45, 7) is 7.20. The number of nitrogens with zero attached hydrogens (tertiary/aromatic N) is 1. The smallest absolute Gasteiger partial charge is 0.359 e. The van der Waals surface area contributed by atoms with Gasteiger partial charge in [0, 0.05) is 18.2 Å². The van der Waals surface area contributed by atoms with Crippen LogP contribution in [-0.4, -0.2) is 59.4 Å². The van der Waals surface area contributed by atoms with E-state index in [4.69, 9.17) is 9.26 Å². The van der Waals surface area contributed by atoms with Gasteiger partial charge in [-0.15, -0.1) is 0 Å². The maximum absolute atomic E-state index is 12.4. The van der Waals surface area contributed by atoms with Crippen molar-refractivity contribution < 1.29 is 34.0 Å². The molecule has 0 amide bonds. The second kappa shape index (κ2) is 8.89. The fourth-order valence-corrected chi connectivity index (χ4v) is 4.13. The molecule has 0 aliphatic carbocycles. The summed E-state index contributed by atoms with van der Waals surface area (Å²) in [4.78, 5) is 27.8. The number of nitrogens with one attached hydrogen (secondary N) is 1. The number of aliphatic hydroxyl groups is 3. The van der Waals surface area contributed by atoms with E-state index in [9.17, 15) is 29.6 Å². The highest BCUT2D eigenvalue weighted by molar-refractivity contribution is 7.54. The van der Waals surface area contributed by atoms with Crippen LogP contribution in [0.3, 0.4) is 0 Å². The number of H-pyrrole nitrogens is 1. The molecule has 2 rings (SSSR count). The van der Waals surface area contributed by atoms with Gasteiger partial charge in [-0.05, 0) is 40.0 Å². The van der Waals surface area contributed by atoms with Gasteiger partial charge in [0.2, 0.25) is 0 Å². The number of ether oxygens (including phenoxy) is 1. The Morgan fingerprint density at radius 3 is 2.50 bits per heavy atom. The Kier molecular flexibility index (Phi) is 7.32. The highest BCUT2D eigenvalue weighted by Crippen LogP contribution is 2.57. The lowest BCUT2D eigenvalue weighted by Gasteiger charge is -2.36. The lowest BCUT2D eigenvalue weighted by Crippen LogP contribution is -2.39. The van der Waals surface area contributed by atoms with Crippen LogP contribution in [0.2, 0.25) is 0 Å². The lowest BCUT2D eigenvalue weighted by atomic mass is 9.92. The molecule has 1 fully saturated rings. The fourth-order valence-electron chi connectivity index (χ4n) is 3.10. The quantitative estimate of drug-likeness (QED) is 0.302. The number of aromatic nitrogens is 2. The van der Waals surface area contributed by atoms with Gasteiger partial charge in [0.1, 0.15) is 24.0 Å². The second-order valence-electron chi connectivity index (χ2n) is 8.08. The Morgan fingerprint density at radius 1 is 1.33 bits per heavy atom. The summed E-state index contributed by atoms with van der Waals surface area (Å²) in [5.74, 6) is 5.36. The van der Waals surface area contributed by atoms with Gasteiger partial charge in [0.05, 0.1) is 11.7 Å². The Hall–Kier alpha value is -1.57. The normalized spacial score (nSPS) is 28.3. The zero-order valence-corrected chi connectivity index (χ0v) is 18.5. The molecule has 30 heavy (non-hydrogen) atoms. The topological polar surface area (TPSA) is 162 Å². The van der Waals surface area contributed by atoms with Gasteiger partial charge in [-0.1, -0.05) is 12.8 Å². The van der Waals surface area contributed by atoms with E-state index in [0.29, 0.717) is 5.56 Å². The molecular weight excluding hydrogens is 415 g/mol. The van der Waals surface area contributed by atoms with Gasteiger partial charge in [0.15, 0.2) is 5.34 Å². The first-order chi connectivity index (χ1) is 13.7. The largest absolute Gasteiger partial charge is 0.388 e. The minimum atomic E-state index is -4.41. The van der Waals surface area contributed by atoms with Crippen LogP contribution >= 0.6 is 7.60 Å². The predicted octanol–water partition coefficient (Wildman–Crippen LogP) is 0.792. The van der Waals surface area contributed by atoms with E-state index in [-0.39, 0.29) is 18.5 Å². The van der Waals surface area contributed by atoms with Gasteiger partial charge in [-0.25, -0.2) is 9.78 Å². The summed E-state index contributed by atoms with van der Waals surface area (Å²) in [5, 5.41) is 29.1. The molecule has 0 radical (unpaired) electrons. The number of aromatic amines is 1. The fraction of sp³-hybridized carbons (Fsp3) is 0.684. The molecule has 10 nitrogen and oxygen atoms in total. The highest BCUT2D eigenvalue weighted by atomic mass is 31.2. The molecule has 2 heterocycles. The zero-order valence-electron chi connectivity index (χ0n) is 17.6. The molecule has 6 unspecified atom stereocenters. The SMILES string of the molecule is CC#Cc1[nH]c(=O)ncc1C1OC(CC(C)(CC)OP(=O)(O)C(C)(C)O)C(O)C1O. The third kappa shape index (κ3) is 5.18. The average molecular weight is 444 g/mol. The van der Waals surface area contributed by atoms with Gasteiger partial charge >= 0.3 is 13.3 Å². The van der Waals surface area contributed by atoms with Crippen molar-refractivity contribution in [3.8, 4) is 11.8 Å². The summed E-state index contributed by atoms with van der Waals surface area (Å²) >= 11 is 0. The van der Waals surface area contributed by atoms with E-state index in [1.54, 1.807) is 20.8 Å². The molecule has 1 aromatic rings. The van der Waals surface area contributed by atoms with E-state index < -0.39 is 48.6 Å². The summed E-state index contributed by atoms with van der Waals surface area (Å²) in [6.07, 6.45) is -3.20. The molecule has 5 N–H and O–H groups in total. The van der Waals surface area contributed by atoms with Crippen LogP contribution in [0.1, 0.15) is 64.8 Å². The van der Waals surface area contributed by atoms with Crippen molar-refractivity contribution in [1.29, 1.82) is 0 Å². The number of aliphatic hydroxyl groups excluding tert-OH is 2. The van der Waals surface area contributed by atoms with Crippen LogP contribution in [0.15, 0.2) is 11.0 Å². The molecule has 0 aromatic carbocycles. The van der Waals surface area contributed by atoms with Crippen LogP contribution in [0.25, 0.3) is 0 Å². The average Bonchev–Trinajstić information content (AvgIpc) is 2.89. The molecule has 1 saturated heterocycles. The van der Waals surface area contributed by atoms with E-state index >= 15 is 0 Å². The molecule has 1 aliphatic heterocycles. The Labute approximate surface area is 174 Å². The molecule has 0 saturated carbocycles. The Balaban J connectivity index is 2.29. The Morgan fingerprint density at radius 2 is 1.97 bits per heavy atom. The van der Waals surface area contributed by atoms with Gasteiger partial charge in [-0.3, -0.25) is 9.55 Å². The molecule has 11 heteroatoms. The third-order valence-electron chi connectivity index (χ3n) is 5.18. The molecular formula is C19H29N2O8P. The monoisotopic (exact) mass is 444 g/mol. The lowest BCUT2D eigenvalue weighted by molar-refractivity contribution is -0.0522. The molecule has 0 spiro atoms. The van der Waals surface area contributed by atoms with E-state index in [1.807, 2.05) is 0 Å². The molecule has 1 aromatic heterocycles. The van der Waals surface area contributed by atoms with Crippen LogP contribution in [-0.2, 0) is 13.8 Å². The first kappa shape index (κ1) is 24.7. The standard InChI is InChI=1S/C19H29N2O8P/c1-6-8-12-11(10-20-17(24)21-12)16-15(23)14(22)13(28-16)9-19(5,7-2)29-30(26,27)18(3,4)25/h10,13-16,22-23,25H,7,9H2,1-5H3,(H,26,27)(H,20,21,24). The van der Waals surface area contributed by atoms with Crippen molar-refractivity contribution >= 4 is 7.60 Å². The van der Waals surface area contributed by atoms with Gasteiger partial charge < -0.3 is 29.5 Å². The first-order valence-corrected chi connectivity index (χ1v) is 11.1. The maximum Gasteiger partial charge on any atom is 0.359 e. The maximum atomic E-state index is 12.4. The highest BCUT2D eigenvalue weighted by Gasteiger charge is 2.50.